The normalized spacial score (nSPS) is 19.6. The number of rotatable bonds is 7. The van der Waals surface area contributed by atoms with Gasteiger partial charge in [0.25, 0.3) is 0 Å². The summed E-state index contributed by atoms with van der Waals surface area (Å²) in [6.45, 7) is 3.62. The summed E-state index contributed by atoms with van der Waals surface area (Å²) in [5.74, 6) is 0. The van der Waals surface area contributed by atoms with Gasteiger partial charge >= 0.3 is 0 Å². The molecule has 1 aliphatic rings. The first-order valence-electron chi connectivity index (χ1n) is 6.17. The second-order valence-corrected chi connectivity index (χ2v) is 5.81. The van der Waals surface area contributed by atoms with Crippen LogP contribution in [0.1, 0.15) is 43.5 Å². The molecule has 1 fully saturated rings. The Bertz CT molecular complexity index is 306. The van der Waals surface area contributed by atoms with E-state index in [0.29, 0.717) is 18.1 Å². The summed E-state index contributed by atoms with van der Waals surface area (Å²) < 4.78 is 0. The maximum Gasteiger partial charge on any atom is 0.0436 e. The van der Waals surface area contributed by atoms with Crippen LogP contribution in [0, 0.1) is 5.41 Å². The second-order valence-electron chi connectivity index (χ2n) is 4.83. The summed E-state index contributed by atoms with van der Waals surface area (Å²) in [7, 11) is 0. The molecular formula is C13H21NOS. The summed E-state index contributed by atoms with van der Waals surface area (Å²) in [6, 6.07) is 4.82. The van der Waals surface area contributed by atoms with Crippen molar-refractivity contribution >= 4 is 11.3 Å². The van der Waals surface area contributed by atoms with Crippen LogP contribution in [0.4, 0.5) is 0 Å². The van der Waals surface area contributed by atoms with Crippen LogP contribution in [0.15, 0.2) is 17.5 Å². The third-order valence-corrected chi connectivity index (χ3v) is 4.60. The molecule has 0 bridgehead atoms. The first kappa shape index (κ1) is 12.1. The fourth-order valence-corrected chi connectivity index (χ4v) is 3.09. The van der Waals surface area contributed by atoms with Gasteiger partial charge in [-0.1, -0.05) is 13.0 Å². The monoisotopic (exact) mass is 239 g/mol. The van der Waals surface area contributed by atoms with Crippen molar-refractivity contribution in [2.24, 2.45) is 5.41 Å². The molecule has 2 N–H and O–H groups in total. The van der Waals surface area contributed by atoms with Crippen molar-refractivity contribution in [1.29, 1.82) is 0 Å². The van der Waals surface area contributed by atoms with E-state index in [1.165, 1.54) is 17.7 Å². The second kappa shape index (κ2) is 5.30. The quantitative estimate of drug-likeness (QED) is 0.767. The molecule has 0 aliphatic heterocycles. The number of hydrogen-bond donors (Lipinski definition) is 2. The SMILES string of the molecule is CCC(NCC1(CCO)CC1)c1cccs1. The minimum atomic E-state index is 0.331. The largest absolute Gasteiger partial charge is 0.396 e. The number of aliphatic hydroxyl groups excluding tert-OH is 1. The summed E-state index contributed by atoms with van der Waals surface area (Å²) in [5.41, 5.74) is 0.416. The Labute approximate surface area is 102 Å². The lowest BCUT2D eigenvalue weighted by molar-refractivity contribution is 0.242. The van der Waals surface area contributed by atoms with E-state index < -0.39 is 0 Å². The molecule has 3 heteroatoms. The highest BCUT2D eigenvalue weighted by molar-refractivity contribution is 7.10. The van der Waals surface area contributed by atoms with Gasteiger partial charge in [-0.3, -0.25) is 0 Å². The lowest BCUT2D eigenvalue weighted by Crippen LogP contribution is -2.28. The van der Waals surface area contributed by atoms with Gasteiger partial charge in [0.15, 0.2) is 0 Å². The molecule has 90 valence electrons. The van der Waals surface area contributed by atoms with Gasteiger partial charge in [0.1, 0.15) is 0 Å². The van der Waals surface area contributed by atoms with E-state index >= 15 is 0 Å². The molecule has 1 heterocycles. The zero-order valence-electron chi connectivity index (χ0n) is 9.91. The Morgan fingerprint density at radius 1 is 1.56 bits per heavy atom. The van der Waals surface area contributed by atoms with Gasteiger partial charge in [-0.05, 0) is 42.5 Å². The fourth-order valence-electron chi connectivity index (χ4n) is 2.20. The molecular weight excluding hydrogens is 218 g/mol. The summed E-state index contributed by atoms with van der Waals surface area (Å²) in [5, 5.41) is 14.8. The highest BCUT2D eigenvalue weighted by Gasteiger charge is 2.41. The van der Waals surface area contributed by atoms with Crippen LogP contribution >= 0.6 is 11.3 Å². The zero-order chi connectivity index (χ0) is 11.4. The average molecular weight is 239 g/mol. The van der Waals surface area contributed by atoms with E-state index in [1.54, 1.807) is 0 Å². The Hall–Kier alpha value is -0.380. The number of nitrogens with one attached hydrogen (secondary N) is 1. The van der Waals surface area contributed by atoms with Gasteiger partial charge in [-0.25, -0.2) is 0 Å². The van der Waals surface area contributed by atoms with Gasteiger partial charge in [-0.15, -0.1) is 11.3 Å². The molecule has 0 aromatic carbocycles. The summed E-state index contributed by atoms with van der Waals surface area (Å²) in [6.07, 6.45) is 4.65. The van der Waals surface area contributed by atoms with Crippen LogP contribution in [0.3, 0.4) is 0 Å². The molecule has 0 radical (unpaired) electrons. The highest BCUT2D eigenvalue weighted by atomic mass is 32.1. The predicted molar refractivity (Wildman–Crippen MR) is 68.7 cm³/mol. The van der Waals surface area contributed by atoms with Crippen molar-refractivity contribution in [3.8, 4) is 0 Å². The predicted octanol–water partition coefficient (Wildman–Crippen LogP) is 2.95. The van der Waals surface area contributed by atoms with Crippen LogP contribution in [-0.4, -0.2) is 18.3 Å². The van der Waals surface area contributed by atoms with Gasteiger partial charge in [0, 0.05) is 24.1 Å². The van der Waals surface area contributed by atoms with Crippen LogP contribution < -0.4 is 5.32 Å². The standard InChI is InChI=1S/C13H21NOS/c1-2-11(12-4-3-9-16-12)14-10-13(5-6-13)7-8-15/h3-4,9,11,14-15H,2,5-8,10H2,1H3. The molecule has 1 aromatic rings. The van der Waals surface area contributed by atoms with Crippen molar-refractivity contribution in [1.82, 2.24) is 5.32 Å². The van der Waals surface area contributed by atoms with Crippen LogP contribution in [0.2, 0.25) is 0 Å². The molecule has 1 aliphatic carbocycles. The third kappa shape index (κ3) is 2.84. The maximum absolute atomic E-state index is 9.02. The van der Waals surface area contributed by atoms with Crippen molar-refractivity contribution in [3.63, 3.8) is 0 Å². The lowest BCUT2D eigenvalue weighted by Gasteiger charge is -2.20. The summed E-state index contributed by atoms with van der Waals surface area (Å²) >= 11 is 1.83. The van der Waals surface area contributed by atoms with Crippen molar-refractivity contribution < 1.29 is 5.11 Å². The average Bonchev–Trinajstić information content (AvgIpc) is 2.84. The smallest absolute Gasteiger partial charge is 0.0436 e. The van der Waals surface area contributed by atoms with Crippen molar-refractivity contribution in [2.75, 3.05) is 13.2 Å². The fraction of sp³-hybridized carbons (Fsp3) is 0.692. The first-order valence-corrected chi connectivity index (χ1v) is 7.05. The van der Waals surface area contributed by atoms with Crippen LogP contribution in [0.25, 0.3) is 0 Å². The molecule has 0 amide bonds. The molecule has 2 rings (SSSR count). The lowest BCUT2D eigenvalue weighted by atomic mass is 10.0. The van der Waals surface area contributed by atoms with E-state index in [0.717, 1.165) is 19.4 Å². The van der Waals surface area contributed by atoms with E-state index in [2.05, 4.69) is 29.8 Å². The van der Waals surface area contributed by atoms with E-state index in [4.69, 9.17) is 5.11 Å². The molecule has 0 spiro atoms. The van der Waals surface area contributed by atoms with Crippen LogP contribution in [0.5, 0.6) is 0 Å². The van der Waals surface area contributed by atoms with Gasteiger partial charge < -0.3 is 10.4 Å². The Morgan fingerprint density at radius 3 is 2.88 bits per heavy atom. The van der Waals surface area contributed by atoms with E-state index in [9.17, 15) is 0 Å². The first-order chi connectivity index (χ1) is 7.79. The van der Waals surface area contributed by atoms with Crippen molar-refractivity contribution in [3.05, 3.63) is 22.4 Å². The maximum atomic E-state index is 9.02. The Kier molecular flexibility index (Phi) is 4.00. The molecule has 1 aromatic heterocycles. The number of thiophene rings is 1. The zero-order valence-corrected chi connectivity index (χ0v) is 10.7. The molecule has 2 nitrogen and oxygen atoms in total. The number of aliphatic hydroxyl groups is 1. The van der Waals surface area contributed by atoms with E-state index in [1.807, 2.05) is 11.3 Å². The Balaban J connectivity index is 1.84. The minimum absolute atomic E-state index is 0.331. The summed E-state index contributed by atoms with van der Waals surface area (Å²) in [4.78, 5) is 1.43. The molecule has 16 heavy (non-hydrogen) atoms. The molecule has 1 atom stereocenters. The van der Waals surface area contributed by atoms with Crippen molar-refractivity contribution in [2.45, 2.75) is 38.6 Å². The van der Waals surface area contributed by atoms with Gasteiger partial charge in [-0.2, -0.15) is 0 Å². The molecule has 1 saturated carbocycles. The van der Waals surface area contributed by atoms with Gasteiger partial charge in [0.2, 0.25) is 0 Å². The topological polar surface area (TPSA) is 32.3 Å². The third-order valence-electron chi connectivity index (χ3n) is 3.62. The number of hydrogen-bond acceptors (Lipinski definition) is 3. The Morgan fingerprint density at radius 2 is 2.38 bits per heavy atom. The molecule has 0 saturated heterocycles. The molecule has 1 unspecified atom stereocenters. The minimum Gasteiger partial charge on any atom is -0.396 e. The van der Waals surface area contributed by atoms with Gasteiger partial charge in [0.05, 0.1) is 0 Å². The van der Waals surface area contributed by atoms with Crippen LogP contribution in [-0.2, 0) is 0 Å². The van der Waals surface area contributed by atoms with E-state index in [-0.39, 0.29) is 0 Å². The highest BCUT2D eigenvalue weighted by Crippen LogP contribution is 2.48.